The highest BCUT2D eigenvalue weighted by molar-refractivity contribution is 7.11. The summed E-state index contributed by atoms with van der Waals surface area (Å²) in [7, 11) is 0. The third-order valence-corrected chi connectivity index (χ3v) is 5.01. The number of nitrogens with two attached hydrogens (primary N) is 1. The summed E-state index contributed by atoms with van der Waals surface area (Å²) in [5.74, 6) is 1.59. The zero-order valence-electron chi connectivity index (χ0n) is 12.6. The molecule has 1 heterocycles. The summed E-state index contributed by atoms with van der Waals surface area (Å²) in [5.41, 5.74) is 8.54. The molecule has 0 aliphatic heterocycles. The van der Waals surface area contributed by atoms with Gasteiger partial charge in [0, 0.05) is 23.3 Å². The second-order valence-corrected chi connectivity index (χ2v) is 6.95. The van der Waals surface area contributed by atoms with Gasteiger partial charge in [-0.05, 0) is 44.4 Å². The van der Waals surface area contributed by atoms with E-state index in [4.69, 9.17) is 15.5 Å². The van der Waals surface area contributed by atoms with Crippen LogP contribution in [0, 0.1) is 6.92 Å². The van der Waals surface area contributed by atoms with Gasteiger partial charge in [-0.25, -0.2) is 4.98 Å². The molecule has 1 aromatic carbocycles. The number of aryl methyl sites for hydroxylation is 1. The van der Waals surface area contributed by atoms with Crippen LogP contribution in [0.2, 0.25) is 0 Å². The second kappa shape index (κ2) is 6.16. The molecule has 0 amide bonds. The lowest BCUT2D eigenvalue weighted by Gasteiger charge is -2.05. The van der Waals surface area contributed by atoms with E-state index in [-0.39, 0.29) is 6.04 Å². The molecule has 2 N–H and O–H groups in total. The molecule has 1 saturated carbocycles. The average molecular weight is 302 g/mol. The fraction of sp³-hybridized carbons (Fsp3) is 0.471. The second-order valence-electron chi connectivity index (χ2n) is 5.84. The standard InChI is InChI=1S/C17H22N2OS/c1-11-4-3-5-14(10-11)20-9-8-15-19-16(13-6-7-13)17(21-15)12(2)18/h3-5,10,12-13H,6-9,18H2,1-2H3. The van der Waals surface area contributed by atoms with Gasteiger partial charge in [-0.3, -0.25) is 0 Å². The van der Waals surface area contributed by atoms with Crippen LogP contribution in [0.3, 0.4) is 0 Å². The Morgan fingerprint density at radius 1 is 1.43 bits per heavy atom. The van der Waals surface area contributed by atoms with Crippen molar-refractivity contribution in [1.29, 1.82) is 0 Å². The molecule has 3 nitrogen and oxygen atoms in total. The van der Waals surface area contributed by atoms with Crippen molar-refractivity contribution in [2.75, 3.05) is 6.61 Å². The van der Waals surface area contributed by atoms with E-state index in [9.17, 15) is 0 Å². The Labute approximate surface area is 130 Å². The van der Waals surface area contributed by atoms with Crippen molar-refractivity contribution in [3.8, 4) is 5.75 Å². The molecule has 4 heteroatoms. The van der Waals surface area contributed by atoms with Gasteiger partial charge in [-0.15, -0.1) is 11.3 Å². The average Bonchev–Trinajstić information content (AvgIpc) is 3.19. The molecule has 3 rings (SSSR count). The Bertz CT molecular complexity index is 598. The quantitative estimate of drug-likeness (QED) is 0.878. The molecule has 1 atom stereocenters. The molecule has 2 aromatic rings. The number of hydrogen-bond donors (Lipinski definition) is 1. The van der Waals surface area contributed by atoms with Crippen LogP contribution in [-0.2, 0) is 6.42 Å². The van der Waals surface area contributed by atoms with Crippen LogP contribution >= 0.6 is 11.3 Å². The van der Waals surface area contributed by atoms with Crippen molar-refractivity contribution in [2.45, 2.75) is 45.1 Å². The van der Waals surface area contributed by atoms with Crippen LogP contribution in [0.1, 0.15) is 52.9 Å². The molecule has 1 aromatic heterocycles. The minimum Gasteiger partial charge on any atom is -0.493 e. The van der Waals surface area contributed by atoms with Crippen molar-refractivity contribution in [2.24, 2.45) is 5.73 Å². The fourth-order valence-electron chi connectivity index (χ4n) is 2.44. The van der Waals surface area contributed by atoms with E-state index in [0.29, 0.717) is 12.5 Å². The lowest BCUT2D eigenvalue weighted by atomic mass is 10.2. The maximum absolute atomic E-state index is 6.07. The predicted molar refractivity (Wildman–Crippen MR) is 87.1 cm³/mol. The lowest BCUT2D eigenvalue weighted by Crippen LogP contribution is -2.05. The summed E-state index contributed by atoms with van der Waals surface area (Å²) >= 11 is 1.76. The van der Waals surface area contributed by atoms with Gasteiger partial charge in [0.05, 0.1) is 17.3 Å². The molecule has 1 aliphatic rings. The third kappa shape index (κ3) is 3.63. The van der Waals surface area contributed by atoms with Gasteiger partial charge < -0.3 is 10.5 Å². The van der Waals surface area contributed by atoms with Crippen LogP contribution < -0.4 is 10.5 Å². The van der Waals surface area contributed by atoms with Crippen molar-refractivity contribution in [3.05, 3.63) is 45.4 Å². The van der Waals surface area contributed by atoms with Crippen LogP contribution in [0.25, 0.3) is 0 Å². The molecule has 1 unspecified atom stereocenters. The van der Waals surface area contributed by atoms with Crippen molar-refractivity contribution < 1.29 is 4.74 Å². The number of nitrogens with zero attached hydrogens (tertiary/aromatic N) is 1. The van der Waals surface area contributed by atoms with Crippen molar-refractivity contribution in [1.82, 2.24) is 4.98 Å². The van der Waals surface area contributed by atoms with Crippen LogP contribution in [0.15, 0.2) is 24.3 Å². The Kier molecular flexibility index (Phi) is 4.27. The highest BCUT2D eigenvalue weighted by atomic mass is 32.1. The van der Waals surface area contributed by atoms with Crippen molar-refractivity contribution >= 4 is 11.3 Å². The van der Waals surface area contributed by atoms with E-state index in [1.54, 1.807) is 11.3 Å². The van der Waals surface area contributed by atoms with Gasteiger partial charge in [-0.2, -0.15) is 0 Å². The zero-order valence-corrected chi connectivity index (χ0v) is 13.5. The third-order valence-electron chi connectivity index (χ3n) is 3.68. The Morgan fingerprint density at radius 2 is 2.24 bits per heavy atom. The minimum atomic E-state index is 0.0875. The van der Waals surface area contributed by atoms with Gasteiger partial charge >= 0.3 is 0 Å². The van der Waals surface area contributed by atoms with E-state index >= 15 is 0 Å². The molecule has 112 valence electrons. The van der Waals surface area contributed by atoms with E-state index in [1.165, 1.54) is 29.0 Å². The van der Waals surface area contributed by atoms with Gasteiger partial charge in [0.2, 0.25) is 0 Å². The summed E-state index contributed by atoms with van der Waals surface area (Å²) in [5, 5.41) is 1.15. The predicted octanol–water partition coefficient (Wildman–Crippen LogP) is 3.97. The maximum Gasteiger partial charge on any atom is 0.119 e. The molecule has 1 aliphatic carbocycles. The summed E-state index contributed by atoms with van der Waals surface area (Å²) in [4.78, 5) is 6.07. The van der Waals surface area contributed by atoms with E-state index < -0.39 is 0 Å². The fourth-order valence-corrected chi connectivity index (χ4v) is 3.52. The summed E-state index contributed by atoms with van der Waals surface area (Å²) in [6.45, 7) is 4.79. The first-order valence-electron chi connectivity index (χ1n) is 7.58. The first-order chi connectivity index (χ1) is 10.1. The molecule has 0 saturated heterocycles. The molecular weight excluding hydrogens is 280 g/mol. The number of thiazole rings is 1. The lowest BCUT2D eigenvalue weighted by molar-refractivity contribution is 0.321. The number of hydrogen-bond acceptors (Lipinski definition) is 4. The number of aromatic nitrogens is 1. The summed E-state index contributed by atoms with van der Waals surface area (Å²) < 4.78 is 5.81. The molecule has 0 spiro atoms. The largest absolute Gasteiger partial charge is 0.493 e. The Morgan fingerprint density at radius 3 is 2.90 bits per heavy atom. The molecule has 21 heavy (non-hydrogen) atoms. The monoisotopic (exact) mass is 302 g/mol. The highest BCUT2D eigenvalue weighted by Crippen LogP contribution is 2.44. The first-order valence-corrected chi connectivity index (χ1v) is 8.39. The first kappa shape index (κ1) is 14.5. The summed E-state index contributed by atoms with van der Waals surface area (Å²) in [6.07, 6.45) is 3.39. The van der Waals surface area contributed by atoms with Crippen LogP contribution in [0.4, 0.5) is 0 Å². The van der Waals surface area contributed by atoms with E-state index in [2.05, 4.69) is 19.1 Å². The number of rotatable bonds is 6. The highest BCUT2D eigenvalue weighted by Gasteiger charge is 2.30. The SMILES string of the molecule is Cc1cccc(OCCc2nc(C3CC3)c(C(C)N)s2)c1. The van der Waals surface area contributed by atoms with Gasteiger partial charge in [0.25, 0.3) is 0 Å². The maximum atomic E-state index is 6.07. The molecule has 0 bridgehead atoms. The minimum absolute atomic E-state index is 0.0875. The van der Waals surface area contributed by atoms with Gasteiger partial charge in [0.15, 0.2) is 0 Å². The van der Waals surface area contributed by atoms with Crippen LogP contribution in [0.5, 0.6) is 5.75 Å². The zero-order chi connectivity index (χ0) is 14.8. The van der Waals surface area contributed by atoms with E-state index in [0.717, 1.165) is 17.2 Å². The number of benzene rings is 1. The Balaban J connectivity index is 1.61. The number of ether oxygens (including phenoxy) is 1. The molecule has 0 radical (unpaired) electrons. The normalized spacial score (nSPS) is 16.0. The van der Waals surface area contributed by atoms with Crippen molar-refractivity contribution in [3.63, 3.8) is 0 Å². The van der Waals surface area contributed by atoms with Crippen LogP contribution in [-0.4, -0.2) is 11.6 Å². The van der Waals surface area contributed by atoms with E-state index in [1.807, 2.05) is 19.1 Å². The smallest absolute Gasteiger partial charge is 0.119 e. The molecule has 1 fully saturated rings. The summed E-state index contributed by atoms with van der Waals surface area (Å²) in [6, 6.07) is 8.24. The van der Waals surface area contributed by atoms with Gasteiger partial charge in [-0.1, -0.05) is 12.1 Å². The Hall–Kier alpha value is -1.39. The molecular formula is C17H22N2OS. The van der Waals surface area contributed by atoms with Gasteiger partial charge in [0.1, 0.15) is 5.75 Å². The topological polar surface area (TPSA) is 48.1 Å².